The summed E-state index contributed by atoms with van der Waals surface area (Å²) in [6.45, 7) is 1.86. The molecule has 1 amide bonds. The van der Waals surface area contributed by atoms with E-state index in [1.54, 1.807) is 24.3 Å². The van der Waals surface area contributed by atoms with Gasteiger partial charge in [-0.2, -0.15) is 0 Å². The zero-order chi connectivity index (χ0) is 13.3. The third kappa shape index (κ3) is 2.98. The highest BCUT2D eigenvalue weighted by Crippen LogP contribution is 2.32. The van der Waals surface area contributed by atoms with E-state index in [4.69, 9.17) is 34.8 Å². The second-order valence-corrected chi connectivity index (χ2v) is 6.37. The molecular weight excluding hydrogens is 313 g/mol. The molecule has 0 saturated heterocycles. The molecule has 94 valence electrons. The second-order valence-electron chi connectivity index (χ2n) is 3.65. The number of carbonyl (C=O) groups is 1. The van der Waals surface area contributed by atoms with E-state index in [2.05, 4.69) is 5.32 Å². The van der Waals surface area contributed by atoms with Crippen molar-refractivity contribution in [2.75, 3.05) is 5.32 Å². The first-order valence-electron chi connectivity index (χ1n) is 4.99. The van der Waals surface area contributed by atoms with Gasteiger partial charge < -0.3 is 5.32 Å². The minimum atomic E-state index is -0.284. The molecule has 0 aliphatic carbocycles. The fourth-order valence-electron chi connectivity index (χ4n) is 1.45. The molecule has 0 bridgehead atoms. The van der Waals surface area contributed by atoms with Crippen LogP contribution in [0, 0.1) is 6.92 Å². The van der Waals surface area contributed by atoms with E-state index in [9.17, 15) is 4.79 Å². The maximum absolute atomic E-state index is 12.0. The normalized spacial score (nSPS) is 10.4. The van der Waals surface area contributed by atoms with Crippen molar-refractivity contribution in [1.82, 2.24) is 0 Å². The van der Waals surface area contributed by atoms with E-state index < -0.39 is 0 Å². The molecule has 0 saturated carbocycles. The molecule has 0 atom stereocenters. The zero-order valence-electron chi connectivity index (χ0n) is 9.26. The monoisotopic (exact) mass is 319 g/mol. The van der Waals surface area contributed by atoms with Gasteiger partial charge in [0, 0.05) is 10.7 Å². The number of amides is 1. The smallest absolute Gasteiger partial charge is 0.258 e. The molecule has 6 heteroatoms. The number of halogens is 3. The minimum absolute atomic E-state index is 0.284. The molecule has 0 aliphatic heterocycles. The summed E-state index contributed by atoms with van der Waals surface area (Å²) < 4.78 is 0.863. The zero-order valence-corrected chi connectivity index (χ0v) is 12.3. The van der Waals surface area contributed by atoms with E-state index in [1.165, 1.54) is 0 Å². The van der Waals surface area contributed by atoms with Crippen molar-refractivity contribution in [2.24, 2.45) is 0 Å². The lowest BCUT2D eigenvalue weighted by atomic mass is 10.2. The van der Waals surface area contributed by atoms with Crippen molar-refractivity contribution in [3.05, 3.63) is 49.1 Å². The number of carbonyl (C=O) groups excluding carboxylic acids is 1. The van der Waals surface area contributed by atoms with Gasteiger partial charge in [-0.1, -0.05) is 34.8 Å². The standard InChI is InChI=1S/C12H8Cl3NOS/c1-6-4-7(13)2-3-9(6)16-12(17)8-5-10(14)18-11(8)15/h2-5H,1H3,(H,16,17). The van der Waals surface area contributed by atoms with Crippen molar-refractivity contribution in [3.8, 4) is 0 Å². The molecular formula is C12H8Cl3NOS. The molecule has 0 spiro atoms. The number of nitrogens with one attached hydrogen (secondary N) is 1. The number of anilines is 1. The van der Waals surface area contributed by atoms with Crippen LogP contribution in [0.1, 0.15) is 15.9 Å². The largest absolute Gasteiger partial charge is 0.322 e. The Hall–Kier alpha value is -0.740. The van der Waals surface area contributed by atoms with Crippen LogP contribution in [0.25, 0.3) is 0 Å². The Morgan fingerprint density at radius 3 is 2.50 bits per heavy atom. The Kier molecular flexibility index (Phi) is 4.17. The lowest BCUT2D eigenvalue weighted by Gasteiger charge is -2.07. The summed E-state index contributed by atoms with van der Waals surface area (Å²) in [7, 11) is 0. The maximum atomic E-state index is 12.0. The van der Waals surface area contributed by atoms with Crippen LogP contribution >= 0.6 is 46.1 Å². The highest BCUT2D eigenvalue weighted by atomic mass is 35.5. The van der Waals surface area contributed by atoms with Crippen molar-refractivity contribution >= 4 is 57.7 Å². The van der Waals surface area contributed by atoms with Crippen LogP contribution in [0.3, 0.4) is 0 Å². The number of benzene rings is 1. The quantitative estimate of drug-likeness (QED) is 0.802. The van der Waals surface area contributed by atoms with Gasteiger partial charge in [-0.15, -0.1) is 11.3 Å². The summed E-state index contributed by atoms with van der Waals surface area (Å²) >= 11 is 18.7. The highest BCUT2D eigenvalue weighted by Gasteiger charge is 2.15. The van der Waals surface area contributed by atoms with E-state index >= 15 is 0 Å². The number of rotatable bonds is 2. The van der Waals surface area contributed by atoms with Gasteiger partial charge >= 0.3 is 0 Å². The SMILES string of the molecule is Cc1cc(Cl)ccc1NC(=O)c1cc(Cl)sc1Cl. The molecule has 1 aromatic heterocycles. The Morgan fingerprint density at radius 1 is 1.22 bits per heavy atom. The van der Waals surface area contributed by atoms with E-state index in [0.717, 1.165) is 16.9 Å². The molecule has 1 heterocycles. The van der Waals surface area contributed by atoms with Crippen molar-refractivity contribution in [3.63, 3.8) is 0 Å². The van der Waals surface area contributed by atoms with Crippen molar-refractivity contribution in [1.29, 1.82) is 0 Å². The van der Waals surface area contributed by atoms with Crippen molar-refractivity contribution < 1.29 is 4.79 Å². The summed E-state index contributed by atoms with van der Waals surface area (Å²) in [6.07, 6.45) is 0. The fraction of sp³-hybridized carbons (Fsp3) is 0.0833. The van der Waals surface area contributed by atoms with Gasteiger partial charge in [0.05, 0.1) is 9.90 Å². The van der Waals surface area contributed by atoms with E-state index in [0.29, 0.717) is 24.9 Å². The van der Waals surface area contributed by atoms with Crippen molar-refractivity contribution in [2.45, 2.75) is 6.92 Å². The minimum Gasteiger partial charge on any atom is -0.322 e. The second kappa shape index (κ2) is 5.49. The van der Waals surface area contributed by atoms with Crippen LogP contribution < -0.4 is 5.32 Å². The van der Waals surface area contributed by atoms with Crippen LogP contribution in [-0.2, 0) is 0 Å². The van der Waals surface area contributed by atoms with Gasteiger partial charge in [0.1, 0.15) is 4.34 Å². The van der Waals surface area contributed by atoms with Crippen LogP contribution in [0.15, 0.2) is 24.3 Å². The van der Waals surface area contributed by atoms with Crippen LogP contribution in [0.2, 0.25) is 13.7 Å². The molecule has 0 unspecified atom stereocenters. The van der Waals surface area contributed by atoms with Crippen LogP contribution in [-0.4, -0.2) is 5.91 Å². The molecule has 0 fully saturated rings. The molecule has 18 heavy (non-hydrogen) atoms. The summed E-state index contributed by atoms with van der Waals surface area (Å²) in [5.41, 5.74) is 1.96. The molecule has 1 aromatic carbocycles. The average molecular weight is 321 g/mol. The molecule has 1 N–H and O–H groups in total. The van der Waals surface area contributed by atoms with Gasteiger partial charge in [-0.25, -0.2) is 0 Å². The Labute approximate surface area is 123 Å². The first-order valence-corrected chi connectivity index (χ1v) is 6.95. The Balaban J connectivity index is 2.24. The number of aryl methyl sites for hydroxylation is 1. The summed E-state index contributed by atoms with van der Waals surface area (Å²) in [5, 5.41) is 3.40. The van der Waals surface area contributed by atoms with Gasteiger partial charge in [-0.05, 0) is 36.8 Å². The van der Waals surface area contributed by atoms with E-state index in [1.807, 2.05) is 6.92 Å². The first kappa shape index (κ1) is 13.7. The third-order valence-electron chi connectivity index (χ3n) is 2.34. The van der Waals surface area contributed by atoms with Gasteiger partial charge in [0.15, 0.2) is 0 Å². The average Bonchev–Trinajstić information content (AvgIpc) is 2.62. The topological polar surface area (TPSA) is 29.1 Å². The van der Waals surface area contributed by atoms with Crippen LogP contribution in [0.5, 0.6) is 0 Å². The molecule has 2 rings (SSSR count). The van der Waals surface area contributed by atoms with E-state index in [-0.39, 0.29) is 5.91 Å². The van der Waals surface area contributed by atoms with Gasteiger partial charge in [0.25, 0.3) is 5.91 Å². The number of hydrogen-bond donors (Lipinski definition) is 1. The Morgan fingerprint density at radius 2 is 1.94 bits per heavy atom. The fourth-order valence-corrected chi connectivity index (χ4v) is 3.14. The Bertz CT molecular complexity index is 609. The predicted octanol–water partition coefficient (Wildman–Crippen LogP) is 5.27. The summed E-state index contributed by atoms with van der Waals surface area (Å²) in [5.74, 6) is -0.284. The van der Waals surface area contributed by atoms with Crippen LogP contribution in [0.4, 0.5) is 5.69 Å². The lowest BCUT2D eigenvalue weighted by molar-refractivity contribution is 0.102. The summed E-state index contributed by atoms with van der Waals surface area (Å²) in [6, 6.07) is 6.79. The van der Waals surface area contributed by atoms with Gasteiger partial charge in [0.2, 0.25) is 0 Å². The predicted molar refractivity (Wildman–Crippen MR) is 78.5 cm³/mol. The summed E-state index contributed by atoms with van der Waals surface area (Å²) in [4.78, 5) is 12.0. The molecule has 0 radical (unpaired) electrons. The maximum Gasteiger partial charge on any atom is 0.258 e. The molecule has 2 nitrogen and oxygen atoms in total. The molecule has 0 aliphatic rings. The number of hydrogen-bond acceptors (Lipinski definition) is 2. The lowest BCUT2D eigenvalue weighted by Crippen LogP contribution is -2.12. The number of thiophene rings is 1. The highest BCUT2D eigenvalue weighted by molar-refractivity contribution is 7.20. The molecule has 2 aromatic rings. The third-order valence-corrected chi connectivity index (χ3v) is 4.06. The van der Waals surface area contributed by atoms with Gasteiger partial charge in [-0.3, -0.25) is 4.79 Å². The first-order chi connectivity index (χ1) is 8.47.